The van der Waals surface area contributed by atoms with Gasteiger partial charge in [-0.05, 0) is 31.5 Å². The van der Waals surface area contributed by atoms with Crippen molar-refractivity contribution >= 4 is 17.6 Å². The van der Waals surface area contributed by atoms with Crippen molar-refractivity contribution in [1.29, 1.82) is 0 Å². The Kier molecular flexibility index (Phi) is 4.74. The van der Waals surface area contributed by atoms with E-state index in [-0.39, 0.29) is 0 Å². The van der Waals surface area contributed by atoms with Crippen LogP contribution in [0.4, 0.5) is 5.82 Å². The molecule has 4 heteroatoms. The largest absolute Gasteiger partial charge is 0.354 e. The monoisotopic (exact) mass is 279 g/mol. The number of nitrogens with one attached hydrogen (secondary N) is 1. The second-order valence-electron chi connectivity index (χ2n) is 6.09. The van der Waals surface area contributed by atoms with Crippen molar-refractivity contribution in [3.05, 3.63) is 23.9 Å². The van der Waals surface area contributed by atoms with E-state index in [1.165, 1.54) is 11.3 Å². The standard InChI is InChI=1S/C15H25N3S/c1-12(2)17-10-13-5-6-16-14(9-13)18-7-8-19-15(3,4)11-18/h5-6,9,12,17H,7-8,10-11H2,1-4H3. The van der Waals surface area contributed by atoms with E-state index < -0.39 is 0 Å². The number of aromatic nitrogens is 1. The third-order valence-corrected chi connectivity index (χ3v) is 4.57. The summed E-state index contributed by atoms with van der Waals surface area (Å²) in [6.45, 7) is 12.1. The summed E-state index contributed by atoms with van der Waals surface area (Å²) in [4.78, 5) is 6.96. The molecule has 0 spiro atoms. The highest BCUT2D eigenvalue weighted by molar-refractivity contribution is 8.00. The van der Waals surface area contributed by atoms with E-state index in [9.17, 15) is 0 Å². The number of hydrogen-bond donors (Lipinski definition) is 1. The first-order valence-corrected chi connectivity index (χ1v) is 8.02. The smallest absolute Gasteiger partial charge is 0.128 e. The van der Waals surface area contributed by atoms with Gasteiger partial charge in [0.2, 0.25) is 0 Å². The van der Waals surface area contributed by atoms with Gasteiger partial charge in [-0.1, -0.05) is 13.8 Å². The minimum absolute atomic E-state index is 0.326. The molecule has 1 N–H and O–H groups in total. The summed E-state index contributed by atoms with van der Waals surface area (Å²) < 4.78 is 0.326. The van der Waals surface area contributed by atoms with Crippen molar-refractivity contribution in [3.63, 3.8) is 0 Å². The molecule has 1 saturated heterocycles. The molecule has 1 fully saturated rings. The molecule has 2 rings (SSSR count). The van der Waals surface area contributed by atoms with E-state index in [2.05, 4.69) is 66.8 Å². The normalized spacial score (nSPS) is 18.9. The molecular weight excluding hydrogens is 254 g/mol. The molecule has 0 atom stereocenters. The van der Waals surface area contributed by atoms with Crippen LogP contribution in [-0.4, -0.2) is 34.6 Å². The summed E-state index contributed by atoms with van der Waals surface area (Å²) >= 11 is 2.06. The molecule has 0 amide bonds. The minimum Gasteiger partial charge on any atom is -0.354 e. The zero-order valence-corrected chi connectivity index (χ0v) is 13.3. The first-order valence-electron chi connectivity index (χ1n) is 7.03. The van der Waals surface area contributed by atoms with E-state index in [1.54, 1.807) is 0 Å². The van der Waals surface area contributed by atoms with Crippen LogP contribution in [0.25, 0.3) is 0 Å². The zero-order chi connectivity index (χ0) is 13.9. The SMILES string of the molecule is CC(C)NCc1ccnc(N2CCSC(C)(C)C2)c1. The maximum Gasteiger partial charge on any atom is 0.128 e. The fourth-order valence-electron chi connectivity index (χ4n) is 2.28. The lowest BCUT2D eigenvalue weighted by molar-refractivity contribution is 0.588. The molecule has 106 valence electrons. The first kappa shape index (κ1) is 14.7. The second kappa shape index (κ2) is 6.14. The van der Waals surface area contributed by atoms with Gasteiger partial charge in [-0.2, -0.15) is 11.8 Å². The molecule has 0 aliphatic carbocycles. The van der Waals surface area contributed by atoms with E-state index in [1.807, 2.05) is 6.20 Å². The Morgan fingerprint density at radius 3 is 2.95 bits per heavy atom. The van der Waals surface area contributed by atoms with Gasteiger partial charge in [0.25, 0.3) is 0 Å². The predicted octanol–water partition coefficient (Wildman–Crippen LogP) is 2.91. The average molecular weight is 279 g/mol. The lowest BCUT2D eigenvalue weighted by Crippen LogP contribution is -2.43. The third kappa shape index (κ3) is 4.39. The summed E-state index contributed by atoms with van der Waals surface area (Å²) in [6.07, 6.45) is 1.93. The summed E-state index contributed by atoms with van der Waals surface area (Å²) in [5, 5.41) is 3.46. The quantitative estimate of drug-likeness (QED) is 0.917. The zero-order valence-electron chi connectivity index (χ0n) is 12.4. The van der Waals surface area contributed by atoms with Gasteiger partial charge in [-0.15, -0.1) is 0 Å². The van der Waals surface area contributed by atoms with E-state index in [0.29, 0.717) is 10.8 Å². The van der Waals surface area contributed by atoms with Crippen molar-refractivity contribution in [2.24, 2.45) is 0 Å². The molecule has 0 aromatic carbocycles. The fraction of sp³-hybridized carbons (Fsp3) is 0.667. The fourth-order valence-corrected chi connectivity index (χ4v) is 3.39. The van der Waals surface area contributed by atoms with Crippen molar-refractivity contribution in [2.75, 3.05) is 23.7 Å². The molecule has 0 bridgehead atoms. The molecule has 3 nitrogen and oxygen atoms in total. The van der Waals surface area contributed by atoms with Crippen LogP contribution in [0.1, 0.15) is 33.3 Å². The van der Waals surface area contributed by atoms with Crippen LogP contribution in [0.15, 0.2) is 18.3 Å². The highest BCUT2D eigenvalue weighted by Crippen LogP contribution is 2.31. The van der Waals surface area contributed by atoms with Crippen LogP contribution in [0, 0.1) is 0 Å². The van der Waals surface area contributed by atoms with Gasteiger partial charge in [0.1, 0.15) is 5.82 Å². The Hall–Kier alpha value is -0.740. The maximum absolute atomic E-state index is 4.54. The van der Waals surface area contributed by atoms with Crippen molar-refractivity contribution in [2.45, 2.75) is 45.0 Å². The van der Waals surface area contributed by atoms with Crippen LogP contribution in [0.2, 0.25) is 0 Å². The van der Waals surface area contributed by atoms with Crippen LogP contribution < -0.4 is 10.2 Å². The number of hydrogen-bond acceptors (Lipinski definition) is 4. The molecule has 0 radical (unpaired) electrons. The highest BCUT2D eigenvalue weighted by atomic mass is 32.2. The molecule has 19 heavy (non-hydrogen) atoms. The first-order chi connectivity index (χ1) is 8.96. The lowest BCUT2D eigenvalue weighted by atomic mass is 10.1. The van der Waals surface area contributed by atoms with Gasteiger partial charge >= 0.3 is 0 Å². The number of anilines is 1. The van der Waals surface area contributed by atoms with Crippen molar-refractivity contribution in [3.8, 4) is 0 Å². The minimum atomic E-state index is 0.326. The van der Waals surface area contributed by atoms with E-state index >= 15 is 0 Å². The molecular formula is C15H25N3S. The van der Waals surface area contributed by atoms with Gasteiger partial charge in [0.05, 0.1) is 0 Å². The molecule has 1 aliphatic rings. The highest BCUT2D eigenvalue weighted by Gasteiger charge is 2.27. The number of pyridine rings is 1. The summed E-state index contributed by atoms with van der Waals surface area (Å²) in [5.74, 6) is 2.31. The summed E-state index contributed by atoms with van der Waals surface area (Å²) in [7, 11) is 0. The maximum atomic E-state index is 4.54. The Labute approximate surface area is 121 Å². The number of rotatable bonds is 4. The van der Waals surface area contributed by atoms with Gasteiger partial charge in [0.15, 0.2) is 0 Å². The molecule has 1 aromatic heterocycles. The molecule has 1 aliphatic heterocycles. The van der Waals surface area contributed by atoms with Gasteiger partial charge < -0.3 is 10.2 Å². The number of nitrogens with zero attached hydrogens (tertiary/aromatic N) is 2. The topological polar surface area (TPSA) is 28.2 Å². The van der Waals surface area contributed by atoms with Crippen molar-refractivity contribution < 1.29 is 0 Å². The van der Waals surface area contributed by atoms with Crippen LogP contribution in [0.3, 0.4) is 0 Å². The van der Waals surface area contributed by atoms with E-state index in [0.717, 1.165) is 25.5 Å². The molecule has 1 aromatic rings. The molecule has 0 saturated carbocycles. The van der Waals surface area contributed by atoms with Crippen LogP contribution >= 0.6 is 11.8 Å². The average Bonchev–Trinajstić information content (AvgIpc) is 2.35. The van der Waals surface area contributed by atoms with Crippen LogP contribution in [0.5, 0.6) is 0 Å². The summed E-state index contributed by atoms with van der Waals surface area (Å²) in [5.41, 5.74) is 1.31. The second-order valence-corrected chi connectivity index (χ2v) is 7.89. The Morgan fingerprint density at radius 1 is 1.47 bits per heavy atom. The van der Waals surface area contributed by atoms with Crippen LogP contribution in [-0.2, 0) is 6.54 Å². The predicted molar refractivity (Wildman–Crippen MR) is 85.0 cm³/mol. The summed E-state index contributed by atoms with van der Waals surface area (Å²) in [6, 6.07) is 4.84. The Bertz CT molecular complexity index is 418. The van der Waals surface area contributed by atoms with E-state index in [4.69, 9.17) is 0 Å². The van der Waals surface area contributed by atoms with Crippen molar-refractivity contribution in [1.82, 2.24) is 10.3 Å². The number of thioether (sulfide) groups is 1. The van der Waals surface area contributed by atoms with Gasteiger partial charge in [-0.3, -0.25) is 0 Å². The molecule has 2 heterocycles. The van der Waals surface area contributed by atoms with Gasteiger partial charge in [-0.25, -0.2) is 4.98 Å². The lowest BCUT2D eigenvalue weighted by Gasteiger charge is -2.38. The Morgan fingerprint density at radius 2 is 2.26 bits per heavy atom. The van der Waals surface area contributed by atoms with Gasteiger partial charge in [0, 0.05) is 42.4 Å². The third-order valence-electron chi connectivity index (χ3n) is 3.27. The Balaban J connectivity index is 2.05. The molecule has 0 unspecified atom stereocenters.